The number of oxime groups is 3. The molecule has 0 fully saturated rings. The normalized spacial score (nSPS) is 12.1. The van der Waals surface area contributed by atoms with Crippen LogP contribution >= 0.6 is 22.7 Å². The van der Waals surface area contributed by atoms with E-state index in [-0.39, 0.29) is 29.5 Å². The largest absolute Gasteiger partial charge is 0.331 e. The molecule has 0 saturated heterocycles. The summed E-state index contributed by atoms with van der Waals surface area (Å²) >= 11 is 2.72. The van der Waals surface area contributed by atoms with E-state index in [9.17, 15) is 28.8 Å². The van der Waals surface area contributed by atoms with Gasteiger partial charge in [-0.3, -0.25) is 14.4 Å². The molecule has 0 N–H and O–H groups in total. The van der Waals surface area contributed by atoms with Crippen LogP contribution in [0.5, 0.6) is 0 Å². The minimum Gasteiger partial charge on any atom is -0.318 e. The summed E-state index contributed by atoms with van der Waals surface area (Å²) in [5.74, 6) is -2.30. The van der Waals surface area contributed by atoms with Crippen molar-refractivity contribution < 1.29 is 43.3 Å². The zero-order valence-electron chi connectivity index (χ0n) is 40.9. The van der Waals surface area contributed by atoms with E-state index in [1.54, 1.807) is 44.2 Å². The molecule has 75 heavy (non-hydrogen) atoms. The second kappa shape index (κ2) is 20.7. The Kier molecular flexibility index (Phi) is 13.6. The van der Waals surface area contributed by atoms with Crippen molar-refractivity contribution in [2.24, 2.45) is 15.5 Å². The van der Waals surface area contributed by atoms with Crippen LogP contribution in [0.1, 0.15) is 98.6 Å². The molecule has 0 bridgehead atoms. The first-order chi connectivity index (χ1) is 36.2. The lowest BCUT2D eigenvalue weighted by atomic mass is 9.97. The van der Waals surface area contributed by atoms with Gasteiger partial charge in [0.25, 0.3) is 0 Å². The number of carbonyl (C=O) groups excluding carboxylic acids is 6. The van der Waals surface area contributed by atoms with Gasteiger partial charge in [0.15, 0.2) is 5.78 Å². The monoisotopic (exact) mass is 1030 g/mol. The number of ketones is 3. The molecule has 0 aliphatic carbocycles. The Morgan fingerprint density at radius 1 is 0.413 bits per heavy atom. The van der Waals surface area contributed by atoms with E-state index in [0.29, 0.717) is 48.8 Å². The van der Waals surface area contributed by atoms with Crippen molar-refractivity contribution in [1.29, 1.82) is 0 Å². The summed E-state index contributed by atoms with van der Waals surface area (Å²) in [6, 6.07) is 44.5. The van der Waals surface area contributed by atoms with Crippen LogP contribution in [0.15, 0.2) is 172 Å². The van der Waals surface area contributed by atoms with E-state index in [1.165, 1.54) is 43.4 Å². The maximum Gasteiger partial charge on any atom is 0.331 e. The summed E-state index contributed by atoms with van der Waals surface area (Å²) in [7, 11) is 0. The molecule has 0 aliphatic heterocycles. The quantitative estimate of drug-likeness (QED) is 0.0418. The van der Waals surface area contributed by atoms with Crippen LogP contribution in [0, 0.1) is 0 Å². The number of aromatic nitrogens is 2. The first-order valence-corrected chi connectivity index (χ1v) is 25.2. The van der Waals surface area contributed by atoms with Gasteiger partial charge < -0.3 is 23.6 Å². The molecule has 16 heteroatoms. The van der Waals surface area contributed by atoms with Gasteiger partial charge in [-0.05, 0) is 139 Å². The predicted octanol–water partition coefficient (Wildman–Crippen LogP) is 12.6. The van der Waals surface area contributed by atoms with Gasteiger partial charge in [0, 0.05) is 75.9 Å². The van der Waals surface area contributed by atoms with Gasteiger partial charge >= 0.3 is 17.9 Å². The third kappa shape index (κ3) is 9.99. The fourth-order valence-corrected chi connectivity index (χ4v) is 10.3. The molecule has 14 nitrogen and oxygen atoms in total. The number of fused-ring (bicyclic) bond motifs is 6. The highest BCUT2D eigenvalue weighted by atomic mass is 32.1. The van der Waals surface area contributed by atoms with Crippen molar-refractivity contribution in [1.82, 2.24) is 9.13 Å². The second-order valence-corrected chi connectivity index (χ2v) is 19.4. The van der Waals surface area contributed by atoms with Crippen molar-refractivity contribution in [2.75, 3.05) is 0 Å². The molecule has 0 aliphatic rings. The zero-order valence-corrected chi connectivity index (χ0v) is 42.6. The predicted molar refractivity (Wildman–Crippen MR) is 292 cm³/mol. The Morgan fingerprint density at radius 2 is 0.760 bits per heavy atom. The number of hydrogen-bond acceptors (Lipinski definition) is 14. The highest BCUT2D eigenvalue weighted by molar-refractivity contribution is 7.12. The summed E-state index contributed by atoms with van der Waals surface area (Å²) in [6.45, 7) is 7.28. The Hall–Kier alpha value is -9.25. The van der Waals surface area contributed by atoms with E-state index < -0.39 is 17.9 Å². The van der Waals surface area contributed by atoms with E-state index >= 15 is 0 Å². The lowest BCUT2D eigenvalue weighted by Crippen LogP contribution is -2.11. The Morgan fingerprint density at radius 3 is 1.15 bits per heavy atom. The highest BCUT2D eigenvalue weighted by Gasteiger charge is 2.23. The van der Waals surface area contributed by atoms with E-state index in [2.05, 4.69) is 24.6 Å². The molecule has 370 valence electrons. The van der Waals surface area contributed by atoms with Crippen molar-refractivity contribution in [3.63, 3.8) is 0 Å². The van der Waals surface area contributed by atoms with Crippen LogP contribution in [0.4, 0.5) is 0 Å². The van der Waals surface area contributed by atoms with E-state index in [4.69, 9.17) is 14.5 Å². The molecule has 0 saturated carbocycles. The maximum absolute atomic E-state index is 14.7. The smallest absolute Gasteiger partial charge is 0.318 e. The van der Waals surface area contributed by atoms with Crippen molar-refractivity contribution in [3.8, 4) is 11.4 Å². The number of Topliss-reactive ketones (excluding diaryl/α,β-unsaturated/α-hetero) is 1. The lowest BCUT2D eigenvalue weighted by Gasteiger charge is -2.11. The lowest BCUT2D eigenvalue weighted by molar-refractivity contribution is -0.141. The molecule has 10 aromatic rings. The van der Waals surface area contributed by atoms with Crippen molar-refractivity contribution >= 4 is 119 Å². The first-order valence-electron chi connectivity index (χ1n) is 23.5. The van der Waals surface area contributed by atoms with E-state index in [0.717, 1.165) is 60.7 Å². The number of benzene rings is 6. The summed E-state index contributed by atoms with van der Waals surface area (Å²) in [5.41, 5.74) is 9.27. The average Bonchev–Trinajstić information content (AvgIpc) is 4.34. The molecular formula is C59H43N5O9S2. The molecule has 4 heterocycles. The Labute approximate surface area is 436 Å². The fourth-order valence-electron chi connectivity index (χ4n) is 8.97. The summed E-state index contributed by atoms with van der Waals surface area (Å²) in [6.07, 6.45) is -0.267. The summed E-state index contributed by atoms with van der Waals surface area (Å²) in [5, 5.41) is 18.8. The number of rotatable bonds is 15. The molecule has 10 rings (SSSR count). The van der Waals surface area contributed by atoms with Crippen molar-refractivity contribution in [2.45, 2.75) is 41.0 Å². The third-order valence-corrected chi connectivity index (χ3v) is 14.3. The second-order valence-electron chi connectivity index (χ2n) is 17.5. The van der Waals surface area contributed by atoms with Crippen LogP contribution in [-0.2, 0) is 28.9 Å². The highest BCUT2D eigenvalue weighted by Crippen LogP contribution is 2.37. The minimum absolute atomic E-state index is 0.125. The Balaban J connectivity index is 1.06. The molecular weight excluding hydrogens is 987 g/mol. The average molecular weight is 1030 g/mol. The van der Waals surface area contributed by atoms with Crippen LogP contribution in [0.2, 0.25) is 0 Å². The van der Waals surface area contributed by atoms with Gasteiger partial charge in [-0.2, -0.15) is 0 Å². The van der Waals surface area contributed by atoms with Gasteiger partial charge in [0.05, 0.1) is 55.4 Å². The topological polar surface area (TPSA) is 177 Å². The molecule has 4 aromatic heterocycles. The number of carbonyl (C=O) groups is 6. The Bertz CT molecular complexity index is 4050. The summed E-state index contributed by atoms with van der Waals surface area (Å²) in [4.78, 5) is 93.5. The zero-order chi connectivity index (χ0) is 52.5. The summed E-state index contributed by atoms with van der Waals surface area (Å²) < 4.78 is 4.11. The minimum atomic E-state index is -0.673. The van der Waals surface area contributed by atoms with Crippen LogP contribution in [0.3, 0.4) is 0 Å². The van der Waals surface area contributed by atoms with Crippen LogP contribution in [-0.4, -0.2) is 61.5 Å². The molecule has 6 aromatic carbocycles. The van der Waals surface area contributed by atoms with Gasteiger partial charge in [-0.15, -0.1) is 22.7 Å². The number of thiophene rings is 2. The van der Waals surface area contributed by atoms with Crippen LogP contribution < -0.4 is 0 Å². The molecule has 0 unspecified atom stereocenters. The molecule has 0 spiro atoms. The fraction of sp³-hybridized carbons (Fsp3) is 0.102. The molecule has 0 radical (unpaired) electrons. The standard InChI is InChI=1S/C59H43N5O9S2/c1-33(60-71-35(3)65)38-10-18-44(19-11-38)63-51-22-14-40(28-46(51)48-30-42(16-24-53(48)63)58(69)56-8-6-26-74-56)50(62-73-37(5)67)32-55(68)41-15-23-52-47(29-41)49-31-43(59(70)57-9-7-27-75-57)17-25-54(49)64(52)45-20-12-39(13-21-45)34(2)61-72-36(4)66/h6-31H,32H2,1-5H3/b60-33?,61-34?,62-50+. The SMILES string of the molecule is CC(=O)ON=C(C)c1ccc(-n2c3ccc(C(=O)C/C(=N\OC(C)=O)c4ccc5c(c4)c4cc(C(=O)c6cccs6)ccc4n5-c4ccc(C(C)=NOC(C)=O)cc4)cc3c3cc(C(=O)c4cccs4)ccc32)cc1. The van der Waals surface area contributed by atoms with E-state index in [1.807, 2.05) is 126 Å². The molecule has 0 atom stereocenters. The van der Waals surface area contributed by atoms with Gasteiger partial charge in [-0.25, -0.2) is 14.4 Å². The van der Waals surface area contributed by atoms with Crippen LogP contribution in [0.25, 0.3) is 55.0 Å². The number of hydrogen-bond donors (Lipinski definition) is 0. The maximum atomic E-state index is 14.7. The van der Waals surface area contributed by atoms with Gasteiger partial charge in [-0.1, -0.05) is 57.9 Å². The van der Waals surface area contributed by atoms with Gasteiger partial charge in [0.1, 0.15) is 0 Å². The molecule has 0 amide bonds. The first kappa shape index (κ1) is 49.3. The third-order valence-electron chi connectivity index (χ3n) is 12.5. The number of nitrogens with zero attached hydrogens (tertiary/aromatic N) is 5. The van der Waals surface area contributed by atoms with Gasteiger partial charge in [0.2, 0.25) is 11.6 Å². The van der Waals surface area contributed by atoms with Crippen molar-refractivity contribution in [3.05, 3.63) is 199 Å².